The number of aliphatic hydroxyl groups excluding tert-OH is 1. The van der Waals surface area contributed by atoms with Gasteiger partial charge in [0.1, 0.15) is 0 Å². The molecule has 1 amide bonds. The molecule has 1 heterocycles. The number of nitrogens with zero attached hydrogens (tertiary/aromatic N) is 1. The minimum atomic E-state index is -0.379. The molecule has 4 atom stereocenters. The van der Waals surface area contributed by atoms with Crippen molar-refractivity contribution < 1.29 is 14.6 Å². The average Bonchev–Trinajstić information content (AvgIpc) is 2.52. The maximum atomic E-state index is 12.9. The standard InChI is InChI=1S/C19H30N2O3/c1-13(2)18(21-10-14(3)24-15(4)11-21)19(23)20-17(12-22)16-8-6-5-7-9-16/h5-9,13-15,17-18,22H,10-12H2,1-4H3,(H,20,23)/t14?,15?,17-,18?/m1/s1. The Morgan fingerprint density at radius 3 is 2.33 bits per heavy atom. The van der Waals surface area contributed by atoms with E-state index >= 15 is 0 Å². The Morgan fingerprint density at radius 2 is 1.83 bits per heavy atom. The van der Waals surface area contributed by atoms with Crippen molar-refractivity contribution in [2.45, 2.75) is 52.0 Å². The third kappa shape index (κ3) is 4.79. The van der Waals surface area contributed by atoms with Crippen molar-refractivity contribution in [3.63, 3.8) is 0 Å². The van der Waals surface area contributed by atoms with Gasteiger partial charge in [0.25, 0.3) is 0 Å². The van der Waals surface area contributed by atoms with Crippen LogP contribution in [0.25, 0.3) is 0 Å². The van der Waals surface area contributed by atoms with Crippen molar-refractivity contribution in [1.29, 1.82) is 0 Å². The van der Waals surface area contributed by atoms with Gasteiger partial charge in [0, 0.05) is 13.1 Å². The molecule has 2 rings (SSSR count). The van der Waals surface area contributed by atoms with Gasteiger partial charge in [0.05, 0.1) is 30.9 Å². The Bertz CT molecular complexity index is 511. The van der Waals surface area contributed by atoms with Crippen molar-refractivity contribution in [2.75, 3.05) is 19.7 Å². The molecular formula is C19H30N2O3. The van der Waals surface area contributed by atoms with E-state index in [4.69, 9.17) is 4.74 Å². The van der Waals surface area contributed by atoms with Crippen molar-refractivity contribution in [3.8, 4) is 0 Å². The average molecular weight is 334 g/mol. The highest BCUT2D eigenvalue weighted by Gasteiger charge is 2.34. The van der Waals surface area contributed by atoms with Crippen LogP contribution < -0.4 is 5.32 Å². The van der Waals surface area contributed by atoms with Crippen LogP contribution in [0.15, 0.2) is 30.3 Å². The Kier molecular flexibility index (Phi) is 6.78. The van der Waals surface area contributed by atoms with E-state index in [1.54, 1.807) is 0 Å². The zero-order valence-corrected chi connectivity index (χ0v) is 15.1. The van der Waals surface area contributed by atoms with E-state index in [0.29, 0.717) is 0 Å². The van der Waals surface area contributed by atoms with E-state index in [1.807, 2.05) is 44.2 Å². The second-order valence-electron chi connectivity index (χ2n) is 7.05. The Labute approximate surface area is 145 Å². The maximum absolute atomic E-state index is 12.9. The lowest BCUT2D eigenvalue weighted by atomic mass is 9.98. The van der Waals surface area contributed by atoms with Gasteiger partial charge >= 0.3 is 0 Å². The first kappa shape index (κ1) is 18.9. The zero-order valence-electron chi connectivity index (χ0n) is 15.1. The third-order valence-electron chi connectivity index (χ3n) is 4.44. The normalized spacial score (nSPS) is 24.6. The molecule has 24 heavy (non-hydrogen) atoms. The number of carbonyl (C=O) groups is 1. The summed E-state index contributed by atoms with van der Waals surface area (Å²) in [6.07, 6.45) is 0.233. The summed E-state index contributed by atoms with van der Waals surface area (Å²) in [5, 5.41) is 12.7. The predicted octanol–water partition coefficient (Wildman–Crippen LogP) is 1.97. The molecule has 0 saturated carbocycles. The molecule has 5 nitrogen and oxygen atoms in total. The number of hydrogen-bond donors (Lipinski definition) is 2. The molecule has 0 aliphatic carbocycles. The molecule has 0 bridgehead atoms. The monoisotopic (exact) mass is 334 g/mol. The van der Waals surface area contributed by atoms with E-state index in [0.717, 1.165) is 18.7 Å². The summed E-state index contributed by atoms with van der Waals surface area (Å²) in [6.45, 7) is 9.58. The Hall–Kier alpha value is -1.43. The number of amides is 1. The van der Waals surface area contributed by atoms with E-state index in [2.05, 4.69) is 24.1 Å². The summed E-state index contributed by atoms with van der Waals surface area (Å²) in [5.74, 6) is 0.145. The topological polar surface area (TPSA) is 61.8 Å². The maximum Gasteiger partial charge on any atom is 0.238 e. The lowest BCUT2D eigenvalue weighted by molar-refractivity contribution is -0.136. The molecule has 1 aliphatic rings. The SMILES string of the molecule is CC1CN(C(C(=O)N[C@H](CO)c2ccccc2)C(C)C)CC(C)O1. The van der Waals surface area contributed by atoms with Crippen molar-refractivity contribution in [3.05, 3.63) is 35.9 Å². The molecule has 2 N–H and O–H groups in total. The molecule has 3 unspecified atom stereocenters. The van der Waals surface area contributed by atoms with Crippen molar-refractivity contribution in [1.82, 2.24) is 10.2 Å². The fraction of sp³-hybridized carbons (Fsp3) is 0.632. The number of morpholine rings is 1. The van der Waals surface area contributed by atoms with Crippen LogP contribution in [0.5, 0.6) is 0 Å². The van der Waals surface area contributed by atoms with Gasteiger partial charge in [-0.1, -0.05) is 44.2 Å². The summed E-state index contributed by atoms with van der Waals surface area (Å²) >= 11 is 0. The summed E-state index contributed by atoms with van der Waals surface area (Å²) < 4.78 is 5.78. The lowest BCUT2D eigenvalue weighted by Gasteiger charge is -2.41. The second kappa shape index (κ2) is 8.60. The van der Waals surface area contributed by atoms with Crippen LogP contribution in [-0.2, 0) is 9.53 Å². The summed E-state index contributed by atoms with van der Waals surface area (Å²) in [7, 11) is 0. The van der Waals surface area contributed by atoms with Crippen LogP contribution >= 0.6 is 0 Å². The quantitative estimate of drug-likeness (QED) is 0.835. The van der Waals surface area contributed by atoms with Gasteiger partial charge in [-0.25, -0.2) is 0 Å². The molecule has 0 spiro atoms. The van der Waals surface area contributed by atoms with Crippen LogP contribution in [0.2, 0.25) is 0 Å². The highest BCUT2D eigenvalue weighted by Crippen LogP contribution is 2.20. The van der Waals surface area contributed by atoms with Crippen molar-refractivity contribution in [2.24, 2.45) is 5.92 Å². The van der Waals surface area contributed by atoms with Gasteiger partial charge < -0.3 is 15.2 Å². The minimum absolute atomic E-state index is 0.0331. The Balaban J connectivity index is 2.11. The number of carbonyl (C=O) groups excluding carboxylic acids is 1. The number of aliphatic hydroxyl groups is 1. The molecule has 1 aromatic carbocycles. The van der Waals surface area contributed by atoms with Gasteiger partial charge in [0.2, 0.25) is 5.91 Å². The first-order valence-corrected chi connectivity index (χ1v) is 8.78. The molecule has 0 radical (unpaired) electrons. The Morgan fingerprint density at radius 1 is 1.25 bits per heavy atom. The van der Waals surface area contributed by atoms with E-state index < -0.39 is 0 Å². The van der Waals surface area contributed by atoms with E-state index in [9.17, 15) is 9.90 Å². The fourth-order valence-corrected chi connectivity index (χ4v) is 3.51. The second-order valence-corrected chi connectivity index (χ2v) is 7.05. The fourth-order valence-electron chi connectivity index (χ4n) is 3.51. The number of benzene rings is 1. The van der Waals surface area contributed by atoms with Crippen molar-refractivity contribution >= 4 is 5.91 Å². The largest absolute Gasteiger partial charge is 0.394 e. The molecule has 0 aromatic heterocycles. The number of rotatable bonds is 6. The van der Waals surface area contributed by atoms with E-state index in [-0.39, 0.29) is 42.7 Å². The zero-order chi connectivity index (χ0) is 17.7. The molecule has 134 valence electrons. The first-order chi connectivity index (χ1) is 11.4. The molecule has 1 aromatic rings. The summed E-state index contributed by atoms with van der Waals surface area (Å²) in [5.41, 5.74) is 0.916. The third-order valence-corrected chi connectivity index (χ3v) is 4.44. The highest BCUT2D eigenvalue weighted by molar-refractivity contribution is 5.82. The smallest absolute Gasteiger partial charge is 0.238 e. The van der Waals surface area contributed by atoms with Crippen LogP contribution in [0.3, 0.4) is 0 Å². The molecular weight excluding hydrogens is 304 g/mol. The predicted molar refractivity (Wildman–Crippen MR) is 94.6 cm³/mol. The van der Waals surface area contributed by atoms with Crippen LogP contribution in [0, 0.1) is 5.92 Å². The van der Waals surface area contributed by atoms with Gasteiger partial charge in [-0.3, -0.25) is 9.69 Å². The van der Waals surface area contributed by atoms with Gasteiger partial charge in [-0.15, -0.1) is 0 Å². The lowest BCUT2D eigenvalue weighted by Crippen LogP contribution is -2.57. The highest BCUT2D eigenvalue weighted by atomic mass is 16.5. The summed E-state index contributed by atoms with van der Waals surface area (Å²) in [4.78, 5) is 15.1. The molecule has 1 aliphatic heterocycles. The summed E-state index contributed by atoms with van der Waals surface area (Å²) in [6, 6.07) is 8.99. The van der Waals surface area contributed by atoms with Gasteiger partial charge in [-0.2, -0.15) is 0 Å². The number of hydrogen-bond acceptors (Lipinski definition) is 4. The number of ether oxygens (including phenoxy) is 1. The van der Waals surface area contributed by atoms with Crippen LogP contribution in [0.1, 0.15) is 39.3 Å². The molecule has 5 heteroatoms. The van der Waals surface area contributed by atoms with E-state index in [1.165, 1.54) is 0 Å². The van der Waals surface area contributed by atoms with Crippen LogP contribution in [-0.4, -0.2) is 53.9 Å². The van der Waals surface area contributed by atoms with Crippen LogP contribution in [0.4, 0.5) is 0 Å². The molecule has 1 fully saturated rings. The minimum Gasteiger partial charge on any atom is -0.394 e. The van der Waals surface area contributed by atoms with Gasteiger partial charge in [-0.05, 0) is 25.3 Å². The first-order valence-electron chi connectivity index (χ1n) is 8.78. The molecule has 1 saturated heterocycles. The number of nitrogens with one attached hydrogen (secondary N) is 1. The van der Waals surface area contributed by atoms with Gasteiger partial charge in [0.15, 0.2) is 0 Å².